The summed E-state index contributed by atoms with van der Waals surface area (Å²) in [6, 6.07) is 0. The monoisotopic (exact) mass is 814 g/mol. The molecular weight excluding hydrogens is 778 g/mol. The van der Waals surface area contributed by atoms with Gasteiger partial charge in [-0.25, -0.2) is 19.9 Å². The summed E-state index contributed by atoms with van der Waals surface area (Å²) in [6.45, 7) is 15.7. The predicted molar refractivity (Wildman–Crippen MR) is 182 cm³/mol. The average Bonchev–Trinajstić information content (AvgIpc) is 2.91. The molecule has 4 rings (SSSR count). The second kappa shape index (κ2) is 15.4. The van der Waals surface area contributed by atoms with E-state index in [1.54, 1.807) is 0 Å². The lowest BCUT2D eigenvalue weighted by atomic mass is 10.5. The minimum atomic E-state index is 0.298. The van der Waals surface area contributed by atoms with Crippen molar-refractivity contribution >= 4 is 61.0 Å². The molecule has 230 valence electrons. The summed E-state index contributed by atoms with van der Waals surface area (Å²) in [5, 5.41) is 0. The molecule has 0 N–H and O–H groups in total. The number of anilines is 4. The number of aryl methyl sites for hydroxylation is 8. The van der Waals surface area contributed by atoms with Crippen molar-refractivity contribution in [2.24, 2.45) is 0 Å². The Morgan fingerprint density at radius 1 is 0.349 bits per heavy atom. The lowest BCUT2D eigenvalue weighted by molar-refractivity contribution is 0.649. The van der Waals surface area contributed by atoms with Crippen LogP contribution in [0.4, 0.5) is 23.8 Å². The van der Waals surface area contributed by atoms with Crippen LogP contribution < -0.4 is 19.6 Å². The summed E-state index contributed by atoms with van der Waals surface area (Å²) in [7, 11) is 3.82. The summed E-state index contributed by atoms with van der Waals surface area (Å²) in [5.74, 6) is 7.05. The first-order chi connectivity index (χ1) is 20.4. The van der Waals surface area contributed by atoms with E-state index < -0.39 is 0 Å². The number of nitrogens with zero attached hydrogens (tertiary/aromatic N) is 16. The third-order valence-electron chi connectivity index (χ3n) is 5.74. The standard InChI is InChI=1S/C25H36N16.I2/c1-14-26-15(2)31-22(30-14)38(9)11-40(24-34-18(5)28-19(6)35-24)13-41(25-36-20(7)29-21(8)37-25)12-39(10)23-32-16(3)27-17(4)33-23;1-2/h11-13H2,1-10H3;. The smallest absolute Gasteiger partial charge is 0.231 e. The van der Waals surface area contributed by atoms with Crippen molar-refractivity contribution in [3.8, 4) is 0 Å². The van der Waals surface area contributed by atoms with E-state index in [0.717, 1.165) is 0 Å². The fraction of sp³-hybridized carbons (Fsp3) is 0.520. The molecule has 0 aliphatic heterocycles. The van der Waals surface area contributed by atoms with Gasteiger partial charge in [-0.3, -0.25) is 0 Å². The van der Waals surface area contributed by atoms with Gasteiger partial charge in [0.2, 0.25) is 23.8 Å². The van der Waals surface area contributed by atoms with E-state index in [9.17, 15) is 0 Å². The first-order valence-electron chi connectivity index (χ1n) is 13.2. The summed E-state index contributed by atoms with van der Waals surface area (Å²) in [6.07, 6.45) is 0. The van der Waals surface area contributed by atoms with Gasteiger partial charge in [-0.2, -0.15) is 39.9 Å². The molecule has 16 nitrogen and oxygen atoms in total. The molecule has 0 unspecified atom stereocenters. The molecular formula is C25H36I2N16. The van der Waals surface area contributed by atoms with Crippen molar-refractivity contribution < 1.29 is 0 Å². The molecule has 4 aromatic rings. The minimum absolute atomic E-state index is 0.298. The summed E-state index contributed by atoms with van der Waals surface area (Å²) >= 11 is 4.24. The Morgan fingerprint density at radius 3 is 0.791 bits per heavy atom. The van der Waals surface area contributed by atoms with Crippen LogP contribution in [0.5, 0.6) is 0 Å². The molecule has 0 bridgehead atoms. The highest BCUT2D eigenvalue weighted by Crippen LogP contribution is 2.18. The number of rotatable bonds is 10. The highest BCUT2D eigenvalue weighted by Gasteiger charge is 2.23. The topological polar surface area (TPSA) is 168 Å². The molecule has 0 amide bonds. The van der Waals surface area contributed by atoms with Crippen LogP contribution in [0.3, 0.4) is 0 Å². The normalized spacial score (nSPS) is 10.6. The maximum Gasteiger partial charge on any atom is 0.231 e. The second-order valence-corrected chi connectivity index (χ2v) is 9.82. The molecule has 0 aliphatic carbocycles. The zero-order valence-electron chi connectivity index (χ0n) is 26.0. The summed E-state index contributed by atoms with van der Waals surface area (Å²) in [4.78, 5) is 61.9. The first kappa shape index (κ1) is 34.2. The Hall–Kier alpha value is -3.30. The summed E-state index contributed by atoms with van der Waals surface area (Å²) < 4.78 is 0. The van der Waals surface area contributed by atoms with Crippen LogP contribution in [0.2, 0.25) is 0 Å². The quantitative estimate of drug-likeness (QED) is 0.169. The number of hydrogen-bond acceptors (Lipinski definition) is 16. The van der Waals surface area contributed by atoms with Gasteiger partial charge in [0.25, 0.3) is 0 Å². The Labute approximate surface area is 275 Å². The lowest BCUT2D eigenvalue weighted by Gasteiger charge is -2.35. The fourth-order valence-electron chi connectivity index (χ4n) is 4.21. The molecule has 0 radical (unpaired) electrons. The van der Waals surface area contributed by atoms with Crippen molar-refractivity contribution in [2.75, 3.05) is 53.7 Å². The molecule has 0 spiro atoms. The van der Waals surface area contributed by atoms with E-state index in [4.69, 9.17) is 0 Å². The van der Waals surface area contributed by atoms with Gasteiger partial charge in [-0.15, -0.1) is 0 Å². The molecule has 0 saturated heterocycles. The maximum atomic E-state index is 4.66. The van der Waals surface area contributed by atoms with Crippen LogP contribution in [-0.2, 0) is 0 Å². The third-order valence-corrected chi connectivity index (χ3v) is 5.74. The van der Waals surface area contributed by atoms with Crippen LogP contribution >= 0.6 is 37.2 Å². The van der Waals surface area contributed by atoms with Crippen molar-refractivity contribution in [2.45, 2.75) is 55.4 Å². The zero-order valence-corrected chi connectivity index (χ0v) is 30.3. The van der Waals surface area contributed by atoms with Gasteiger partial charge in [0.15, 0.2) is 0 Å². The SMILES string of the molecule is Cc1nc(C)nc(N(C)CN(CN(CN(C)c2nc(C)nc(C)n2)c2nc(C)nc(C)n2)c2nc(C)nc(C)n2)n1.II. The molecule has 0 saturated carbocycles. The van der Waals surface area contributed by atoms with Gasteiger partial charge < -0.3 is 19.6 Å². The van der Waals surface area contributed by atoms with Crippen molar-refractivity contribution in [3.05, 3.63) is 46.6 Å². The van der Waals surface area contributed by atoms with Crippen LogP contribution in [0.25, 0.3) is 0 Å². The Bertz CT molecular complexity index is 1340. The van der Waals surface area contributed by atoms with Crippen LogP contribution in [-0.4, -0.2) is 93.9 Å². The van der Waals surface area contributed by atoms with Crippen LogP contribution in [0.15, 0.2) is 0 Å². The average molecular weight is 814 g/mol. The van der Waals surface area contributed by atoms with Gasteiger partial charge in [0, 0.05) is 51.3 Å². The number of aromatic nitrogens is 12. The highest BCUT2D eigenvalue weighted by molar-refractivity contribution is 15.0. The van der Waals surface area contributed by atoms with Gasteiger partial charge in [-0.05, 0) is 55.4 Å². The number of halogens is 2. The predicted octanol–water partition coefficient (Wildman–Crippen LogP) is 3.12. The van der Waals surface area contributed by atoms with Gasteiger partial charge in [0.05, 0.1) is 20.0 Å². The molecule has 0 aromatic carbocycles. The molecule has 4 heterocycles. The van der Waals surface area contributed by atoms with E-state index in [1.165, 1.54) is 0 Å². The Kier molecular flexibility index (Phi) is 12.3. The van der Waals surface area contributed by atoms with E-state index in [1.807, 2.05) is 89.1 Å². The van der Waals surface area contributed by atoms with Gasteiger partial charge >= 0.3 is 0 Å². The molecule has 43 heavy (non-hydrogen) atoms. The minimum Gasteiger partial charge on any atom is -0.326 e. The van der Waals surface area contributed by atoms with Gasteiger partial charge in [-0.1, -0.05) is 0 Å². The third kappa shape index (κ3) is 9.86. The molecule has 0 atom stereocenters. The maximum absolute atomic E-state index is 4.66. The first-order valence-corrected chi connectivity index (χ1v) is 19.5. The Morgan fingerprint density at radius 2 is 0.558 bits per heavy atom. The van der Waals surface area contributed by atoms with Gasteiger partial charge in [0.1, 0.15) is 46.6 Å². The van der Waals surface area contributed by atoms with Crippen molar-refractivity contribution in [3.63, 3.8) is 0 Å². The molecule has 4 aromatic heterocycles. The lowest BCUT2D eigenvalue weighted by Crippen LogP contribution is -2.49. The number of hydrogen-bond donors (Lipinski definition) is 0. The van der Waals surface area contributed by atoms with Crippen molar-refractivity contribution in [1.82, 2.24) is 59.8 Å². The Balaban J connectivity index is 0.00000248. The fourth-order valence-corrected chi connectivity index (χ4v) is 4.21. The molecule has 0 fully saturated rings. The molecule has 18 heteroatoms. The largest absolute Gasteiger partial charge is 0.326 e. The zero-order chi connectivity index (χ0) is 31.8. The van der Waals surface area contributed by atoms with E-state index >= 15 is 0 Å². The van der Waals surface area contributed by atoms with Crippen molar-refractivity contribution in [1.29, 1.82) is 0 Å². The summed E-state index contributed by atoms with van der Waals surface area (Å²) in [5.41, 5.74) is 0. The van der Waals surface area contributed by atoms with Crippen LogP contribution in [0.1, 0.15) is 46.6 Å². The highest BCUT2D eigenvalue weighted by atomic mass is 128. The van der Waals surface area contributed by atoms with E-state index in [0.29, 0.717) is 90.4 Å². The van der Waals surface area contributed by atoms with Crippen LogP contribution in [0, 0.1) is 55.4 Å². The van der Waals surface area contributed by atoms with E-state index in [2.05, 4.69) is 97.0 Å². The second-order valence-electron chi connectivity index (χ2n) is 9.82. The van der Waals surface area contributed by atoms with E-state index in [-0.39, 0.29) is 0 Å². The molecule has 0 aliphatic rings.